The van der Waals surface area contributed by atoms with Crippen LogP contribution in [0.15, 0.2) is 206 Å². The lowest BCUT2D eigenvalue weighted by Crippen LogP contribution is -2.28. The largest absolute Gasteiger partial charge is 0.228 e. The lowest BCUT2D eigenvalue weighted by atomic mass is 9.67. The van der Waals surface area contributed by atoms with E-state index in [-0.39, 0.29) is 0 Å². The van der Waals surface area contributed by atoms with Crippen LogP contribution in [-0.2, 0) is 5.41 Å². The summed E-state index contributed by atoms with van der Waals surface area (Å²) in [4.78, 5) is 10.4. The van der Waals surface area contributed by atoms with Crippen LogP contribution in [0.5, 0.6) is 0 Å². The minimum atomic E-state index is -0.455. The van der Waals surface area contributed by atoms with Crippen molar-refractivity contribution in [1.82, 2.24) is 9.97 Å². The van der Waals surface area contributed by atoms with E-state index in [4.69, 9.17) is 9.97 Å². The normalized spacial score (nSPS) is 12.8. The maximum absolute atomic E-state index is 5.21. The Bertz CT molecular complexity index is 3040. The Hall–Kier alpha value is -6.94. The smallest absolute Gasteiger partial charge is 0.160 e. The fourth-order valence-corrected chi connectivity index (χ4v) is 9.93. The molecule has 2 aromatic heterocycles. The first-order valence-corrected chi connectivity index (χ1v) is 19.9. The van der Waals surface area contributed by atoms with Crippen LogP contribution < -0.4 is 0 Å². The number of fused-ring (bicyclic) bond motifs is 6. The molecule has 56 heavy (non-hydrogen) atoms. The van der Waals surface area contributed by atoms with Crippen molar-refractivity contribution in [3.8, 4) is 56.2 Å². The third kappa shape index (κ3) is 5.16. The molecule has 262 valence electrons. The second-order valence-corrected chi connectivity index (χ2v) is 15.6. The molecule has 0 fully saturated rings. The molecule has 0 radical (unpaired) electrons. The summed E-state index contributed by atoms with van der Waals surface area (Å²) in [5.74, 6) is 0.712. The summed E-state index contributed by atoms with van der Waals surface area (Å²) in [5.41, 5.74) is 14.5. The predicted molar refractivity (Wildman–Crippen MR) is 234 cm³/mol. The van der Waals surface area contributed by atoms with Crippen LogP contribution in [-0.4, -0.2) is 9.97 Å². The Kier molecular flexibility index (Phi) is 7.61. The van der Waals surface area contributed by atoms with E-state index in [0.717, 1.165) is 39.2 Å². The van der Waals surface area contributed by atoms with Gasteiger partial charge in [-0.15, -0.1) is 11.3 Å². The Morgan fingerprint density at radius 3 is 1.62 bits per heavy atom. The quantitative estimate of drug-likeness (QED) is 0.170. The molecule has 2 heterocycles. The van der Waals surface area contributed by atoms with Crippen molar-refractivity contribution < 1.29 is 0 Å². The number of thiophene rings is 1. The first kappa shape index (κ1) is 32.5. The highest BCUT2D eigenvalue weighted by atomic mass is 32.1. The Morgan fingerprint density at radius 1 is 0.339 bits per heavy atom. The first-order chi connectivity index (χ1) is 27.7. The zero-order valence-corrected chi connectivity index (χ0v) is 31.2. The molecule has 0 bridgehead atoms. The molecule has 0 saturated heterocycles. The third-order valence-corrected chi connectivity index (χ3v) is 12.5. The summed E-state index contributed by atoms with van der Waals surface area (Å²) >= 11 is 1.83. The highest BCUT2D eigenvalue weighted by Gasteiger charge is 2.45. The molecule has 1 aliphatic carbocycles. The van der Waals surface area contributed by atoms with E-state index in [1.54, 1.807) is 0 Å². The molecule has 11 rings (SSSR count). The van der Waals surface area contributed by atoms with Gasteiger partial charge >= 0.3 is 0 Å². The van der Waals surface area contributed by atoms with Gasteiger partial charge in [0.15, 0.2) is 5.82 Å². The van der Waals surface area contributed by atoms with Crippen LogP contribution in [0.1, 0.15) is 22.3 Å². The van der Waals surface area contributed by atoms with Gasteiger partial charge in [-0.1, -0.05) is 170 Å². The summed E-state index contributed by atoms with van der Waals surface area (Å²) in [6.07, 6.45) is 0. The van der Waals surface area contributed by atoms with Crippen LogP contribution in [0, 0.1) is 0 Å². The molecule has 3 heteroatoms. The van der Waals surface area contributed by atoms with Gasteiger partial charge in [-0.05, 0) is 80.9 Å². The lowest BCUT2D eigenvalue weighted by Gasteiger charge is -2.34. The molecule has 0 N–H and O–H groups in total. The topological polar surface area (TPSA) is 25.8 Å². The molecule has 0 spiro atoms. The van der Waals surface area contributed by atoms with Crippen LogP contribution in [0.25, 0.3) is 76.3 Å². The number of hydrogen-bond donors (Lipinski definition) is 0. The molecule has 0 aliphatic heterocycles. The van der Waals surface area contributed by atoms with Gasteiger partial charge in [0.05, 0.1) is 16.8 Å². The summed E-state index contributed by atoms with van der Waals surface area (Å²) in [7, 11) is 0. The van der Waals surface area contributed by atoms with E-state index in [2.05, 4.69) is 188 Å². The molecular weight excluding hydrogens is 697 g/mol. The molecule has 8 aromatic carbocycles. The number of aromatic nitrogens is 2. The van der Waals surface area contributed by atoms with E-state index in [1.165, 1.54) is 53.6 Å². The second kappa shape index (κ2) is 13.1. The molecule has 0 atom stereocenters. The number of nitrogens with zero attached hydrogens (tertiary/aromatic N) is 2. The number of rotatable bonds is 6. The summed E-state index contributed by atoms with van der Waals surface area (Å²) < 4.78 is 2.57. The zero-order chi connectivity index (χ0) is 37.1. The SMILES string of the molecule is c1ccc(-c2nc(-c3cccc(-c4cccc(C5(c6ccccc6)c6ccccc6-c6ccccc65)c4)c3)cc(-c3ccc4sc5ccccc5c4c3)n2)cc1. The monoisotopic (exact) mass is 730 g/mol. The van der Waals surface area contributed by atoms with Crippen molar-refractivity contribution in [2.45, 2.75) is 5.41 Å². The molecule has 0 saturated carbocycles. The van der Waals surface area contributed by atoms with Crippen molar-refractivity contribution in [3.05, 3.63) is 229 Å². The van der Waals surface area contributed by atoms with Gasteiger partial charge in [0.2, 0.25) is 0 Å². The van der Waals surface area contributed by atoms with Crippen molar-refractivity contribution in [1.29, 1.82) is 0 Å². The minimum Gasteiger partial charge on any atom is -0.228 e. The van der Waals surface area contributed by atoms with Gasteiger partial charge < -0.3 is 0 Å². The molecule has 0 amide bonds. The molecule has 2 nitrogen and oxygen atoms in total. The third-order valence-electron chi connectivity index (χ3n) is 11.4. The highest BCUT2D eigenvalue weighted by Crippen LogP contribution is 2.56. The van der Waals surface area contributed by atoms with Gasteiger partial charge in [0.25, 0.3) is 0 Å². The van der Waals surface area contributed by atoms with Crippen molar-refractivity contribution in [2.24, 2.45) is 0 Å². The number of benzene rings is 8. The van der Waals surface area contributed by atoms with Crippen LogP contribution >= 0.6 is 11.3 Å². The van der Waals surface area contributed by atoms with Crippen molar-refractivity contribution >= 4 is 31.5 Å². The van der Waals surface area contributed by atoms with Gasteiger partial charge in [-0.3, -0.25) is 0 Å². The van der Waals surface area contributed by atoms with Crippen molar-refractivity contribution in [3.63, 3.8) is 0 Å². The highest BCUT2D eigenvalue weighted by molar-refractivity contribution is 7.25. The van der Waals surface area contributed by atoms with Gasteiger partial charge in [0.1, 0.15) is 0 Å². The van der Waals surface area contributed by atoms with Crippen LogP contribution in [0.4, 0.5) is 0 Å². The first-order valence-electron chi connectivity index (χ1n) is 19.1. The summed E-state index contributed by atoms with van der Waals surface area (Å²) in [6.45, 7) is 0. The maximum Gasteiger partial charge on any atom is 0.160 e. The van der Waals surface area contributed by atoms with E-state index in [1.807, 2.05) is 29.5 Å². The average molecular weight is 731 g/mol. The van der Waals surface area contributed by atoms with Crippen molar-refractivity contribution in [2.75, 3.05) is 0 Å². The molecule has 10 aromatic rings. The van der Waals surface area contributed by atoms with E-state index in [9.17, 15) is 0 Å². The fourth-order valence-electron chi connectivity index (χ4n) is 8.85. The second-order valence-electron chi connectivity index (χ2n) is 14.5. The fraction of sp³-hybridized carbons (Fsp3) is 0.0189. The molecular formula is C53H34N2S. The minimum absolute atomic E-state index is 0.455. The maximum atomic E-state index is 5.21. The lowest BCUT2D eigenvalue weighted by molar-refractivity contribution is 0.769. The van der Waals surface area contributed by atoms with E-state index >= 15 is 0 Å². The van der Waals surface area contributed by atoms with Gasteiger partial charge in [-0.25, -0.2) is 9.97 Å². The molecule has 0 unspecified atom stereocenters. The Labute approximate surface area is 330 Å². The Morgan fingerprint density at radius 2 is 0.875 bits per heavy atom. The average Bonchev–Trinajstić information content (AvgIpc) is 3.81. The zero-order valence-electron chi connectivity index (χ0n) is 30.4. The molecule has 1 aliphatic rings. The predicted octanol–water partition coefficient (Wildman–Crippen LogP) is 13.9. The van der Waals surface area contributed by atoms with Crippen LogP contribution in [0.2, 0.25) is 0 Å². The van der Waals surface area contributed by atoms with E-state index in [0.29, 0.717) is 5.82 Å². The Balaban J connectivity index is 1.06. The standard InChI is InChI=1S/C53H34N2S/c1-3-15-35(16-4-1)52-54-48(34-49(55-52)39-29-30-51-45(33-39)44-25-9-12-28-50(44)56-51)38-19-13-17-36(31-38)37-18-14-22-41(32-37)53(40-20-5-2-6-21-40)46-26-10-7-23-42(46)43-24-8-11-27-47(43)53/h1-34H. The summed E-state index contributed by atoms with van der Waals surface area (Å²) in [5, 5.41) is 2.53. The van der Waals surface area contributed by atoms with Gasteiger partial charge in [0, 0.05) is 36.9 Å². The summed E-state index contributed by atoms with van der Waals surface area (Å²) in [6, 6.07) is 74.6. The number of hydrogen-bond acceptors (Lipinski definition) is 3. The van der Waals surface area contributed by atoms with Crippen LogP contribution in [0.3, 0.4) is 0 Å². The van der Waals surface area contributed by atoms with Gasteiger partial charge in [-0.2, -0.15) is 0 Å². The van der Waals surface area contributed by atoms with E-state index < -0.39 is 5.41 Å².